The number of urea groups is 1. The minimum atomic E-state index is -0.710. The van der Waals surface area contributed by atoms with E-state index < -0.39 is 5.97 Å². The van der Waals surface area contributed by atoms with Crippen molar-refractivity contribution in [1.29, 1.82) is 0 Å². The molecule has 0 radical (unpaired) electrons. The Labute approximate surface area is 119 Å². The molecule has 0 spiro atoms. The number of amides is 2. The normalized spacial score (nSPS) is 33.4. The van der Waals surface area contributed by atoms with Crippen LogP contribution in [-0.4, -0.2) is 40.1 Å². The Morgan fingerprint density at radius 1 is 1.05 bits per heavy atom. The first-order valence-electron chi connectivity index (χ1n) is 7.94. The molecule has 20 heavy (non-hydrogen) atoms. The van der Waals surface area contributed by atoms with Crippen LogP contribution in [0, 0.1) is 5.92 Å². The highest BCUT2D eigenvalue weighted by molar-refractivity contribution is 5.76. The maximum Gasteiger partial charge on any atom is 0.318 e. The summed E-state index contributed by atoms with van der Waals surface area (Å²) >= 11 is 0. The summed E-state index contributed by atoms with van der Waals surface area (Å²) in [7, 11) is 0. The molecule has 1 saturated carbocycles. The Balaban J connectivity index is 1.58. The maximum absolute atomic E-state index is 12.4. The zero-order valence-corrected chi connectivity index (χ0v) is 11.9. The van der Waals surface area contributed by atoms with E-state index in [-0.39, 0.29) is 30.5 Å². The van der Waals surface area contributed by atoms with Crippen LogP contribution in [0.15, 0.2) is 0 Å². The number of piperidine rings is 1. The molecule has 0 aromatic heterocycles. The van der Waals surface area contributed by atoms with Gasteiger partial charge in [-0.15, -0.1) is 0 Å². The molecule has 112 valence electrons. The molecule has 5 nitrogen and oxygen atoms in total. The van der Waals surface area contributed by atoms with Crippen molar-refractivity contribution in [3.05, 3.63) is 0 Å². The number of nitrogens with zero attached hydrogens (tertiary/aromatic N) is 1. The zero-order valence-electron chi connectivity index (χ0n) is 11.9. The van der Waals surface area contributed by atoms with Gasteiger partial charge in [0.1, 0.15) is 0 Å². The highest BCUT2D eigenvalue weighted by atomic mass is 16.4. The summed E-state index contributed by atoms with van der Waals surface area (Å²) in [4.78, 5) is 25.3. The molecule has 2 heterocycles. The lowest BCUT2D eigenvalue weighted by Crippen LogP contribution is -2.52. The first-order chi connectivity index (χ1) is 9.63. The summed E-state index contributed by atoms with van der Waals surface area (Å²) in [6, 6.07) is 0.982. The Bertz CT molecular complexity index is 379. The largest absolute Gasteiger partial charge is 0.481 e. The molecular formula is C15H24N2O3. The van der Waals surface area contributed by atoms with E-state index in [9.17, 15) is 9.59 Å². The van der Waals surface area contributed by atoms with E-state index in [1.165, 1.54) is 12.8 Å². The average molecular weight is 280 g/mol. The number of carboxylic acid groups (broad SMARTS) is 1. The zero-order chi connectivity index (χ0) is 14.1. The van der Waals surface area contributed by atoms with Crippen LogP contribution in [0.25, 0.3) is 0 Å². The molecule has 3 aliphatic rings. The molecule has 1 aliphatic carbocycles. The number of carboxylic acids is 1. The second-order valence-corrected chi connectivity index (χ2v) is 6.66. The fraction of sp³-hybridized carbons (Fsp3) is 0.867. The van der Waals surface area contributed by atoms with Crippen LogP contribution >= 0.6 is 0 Å². The van der Waals surface area contributed by atoms with Crippen molar-refractivity contribution >= 4 is 12.0 Å². The number of rotatable bonds is 3. The number of nitrogens with one attached hydrogen (secondary N) is 1. The van der Waals surface area contributed by atoms with Gasteiger partial charge >= 0.3 is 12.0 Å². The number of carbonyl (C=O) groups is 2. The maximum atomic E-state index is 12.4. The Hall–Kier alpha value is -1.26. The SMILES string of the molecule is O=C(O)CC1CC2CCC(C1)N2C(=O)NC1CCCC1. The molecule has 0 aromatic rings. The summed E-state index contributed by atoms with van der Waals surface area (Å²) in [5.41, 5.74) is 0. The number of aliphatic carboxylic acids is 1. The van der Waals surface area contributed by atoms with Crippen LogP contribution in [0.2, 0.25) is 0 Å². The van der Waals surface area contributed by atoms with Crippen LogP contribution in [0.3, 0.4) is 0 Å². The van der Waals surface area contributed by atoms with Crippen LogP contribution in [0.1, 0.15) is 57.8 Å². The standard InChI is InChI=1S/C15H24N2O3/c18-14(19)9-10-7-12-5-6-13(8-10)17(12)15(20)16-11-3-1-2-4-11/h10-13H,1-9H2,(H,16,20)(H,18,19). The van der Waals surface area contributed by atoms with Crippen molar-refractivity contribution in [2.75, 3.05) is 0 Å². The van der Waals surface area contributed by atoms with Gasteiger partial charge in [-0.05, 0) is 44.4 Å². The molecule has 2 amide bonds. The molecule has 5 heteroatoms. The quantitative estimate of drug-likeness (QED) is 0.833. The number of carbonyl (C=O) groups excluding carboxylic acids is 1. The molecule has 3 fully saturated rings. The van der Waals surface area contributed by atoms with Crippen LogP contribution in [0.5, 0.6) is 0 Å². The Morgan fingerprint density at radius 2 is 1.65 bits per heavy atom. The minimum absolute atomic E-state index is 0.0955. The second kappa shape index (κ2) is 5.62. The van der Waals surface area contributed by atoms with Crippen molar-refractivity contribution in [2.24, 2.45) is 5.92 Å². The molecular weight excluding hydrogens is 256 g/mol. The predicted octanol–water partition coefficient (Wildman–Crippen LogP) is 2.36. The van der Waals surface area contributed by atoms with Crippen molar-refractivity contribution in [3.8, 4) is 0 Å². The highest BCUT2D eigenvalue weighted by Gasteiger charge is 2.43. The lowest BCUT2D eigenvalue weighted by Gasteiger charge is -2.39. The van der Waals surface area contributed by atoms with Crippen LogP contribution < -0.4 is 5.32 Å². The van der Waals surface area contributed by atoms with Gasteiger partial charge in [0.15, 0.2) is 0 Å². The summed E-state index contributed by atoms with van der Waals surface area (Å²) in [6.07, 6.45) is 8.72. The van der Waals surface area contributed by atoms with Gasteiger partial charge in [-0.2, -0.15) is 0 Å². The lowest BCUT2D eigenvalue weighted by molar-refractivity contribution is -0.138. The van der Waals surface area contributed by atoms with Gasteiger partial charge in [0.2, 0.25) is 0 Å². The average Bonchev–Trinajstić information content (AvgIpc) is 2.95. The van der Waals surface area contributed by atoms with Crippen molar-refractivity contribution < 1.29 is 14.7 Å². The van der Waals surface area contributed by atoms with E-state index >= 15 is 0 Å². The monoisotopic (exact) mass is 280 g/mol. The third kappa shape index (κ3) is 2.76. The van der Waals surface area contributed by atoms with E-state index in [1.807, 2.05) is 4.90 Å². The molecule has 2 bridgehead atoms. The third-order valence-corrected chi connectivity index (χ3v) is 5.21. The molecule has 0 aromatic carbocycles. The second-order valence-electron chi connectivity index (χ2n) is 6.66. The van der Waals surface area contributed by atoms with Crippen molar-refractivity contribution in [3.63, 3.8) is 0 Å². The van der Waals surface area contributed by atoms with Crippen molar-refractivity contribution in [1.82, 2.24) is 10.2 Å². The lowest BCUT2D eigenvalue weighted by atomic mass is 9.88. The minimum Gasteiger partial charge on any atom is -0.481 e. The molecule has 2 unspecified atom stereocenters. The van der Waals surface area contributed by atoms with E-state index in [0.29, 0.717) is 6.04 Å². The smallest absolute Gasteiger partial charge is 0.318 e. The Morgan fingerprint density at radius 3 is 2.20 bits per heavy atom. The van der Waals surface area contributed by atoms with Gasteiger partial charge in [-0.25, -0.2) is 4.79 Å². The fourth-order valence-corrected chi connectivity index (χ4v) is 4.35. The molecule has 3 rings (SSSR count). The molecule has 2 N–H and O–H groups in total. The van der Waals surface area contributed by atoms with E-state index in [0.717, 1.165) is 38.5 Å². The van der Waals surface area contributed by atoms with Gasteiger partial charge in [-0.1, -0.05) is 12.8 Å². The van der Waals surface area contributed by atoms with E-state index in [1.54, 1.807) is 0 Å². The van der Waals surface area contributed by atoms with E-state index in [2.05, 4.69) is 5.32 Å². The summed E-state index contributed by atoms with van der Waals surface area (Å²) in [5, 5.41) is 12.1. The van der Waals surface area contributed by atoms with Gasteiger partial charge < -0.3 is 15.3 Å². The van der Waals surface area contributed by atoms with Crippen molar-refractivity contribution in [2.45, 2.75) is 75.9 Å². The first kappa shape index (κ1) is 13.7. The van der Waals surface area contributed by atoms with E-state index in [4.69, 9.17) is 5.11 Å². The van der Waals surface area contributed by atoms with Gasteiger partial charge in [0, 0.05) is 24.5 Å². The van der Waals surface area contributed by atoms with Gasteiger partial charge in [0.05, 0.1) is 0 Å². The fourth-order valence-electron chi connectivity index (χ4n) is 4.35. The van der Waals surface area contributed by atoms with Crippen LogP contribution in [-0.2, 0) is 4.79 Å². The molecule has 2 aliphatic heterocycles. The number of hydrogen-bond acceptors (Lipinski definition) is 2. The number of fused-ring (bicyclic) bond motifs is 2. The third-order valence-electron chi connectivity index (χ3n) is 5.21. The predicted molar refractivity (Wildman–Crippen MR) is 74.4 cm³/mol. The van der Waals surface area contributed by atoms with Gasteiger partial charge in [0.25, 0.3) is 0 Å². The summed E-state index contributed by atoms with van der Waals surface area (Å²) in [6.45, 7) is 0. The summed E-state index contributed by atoms with van der Waals surface area (Å²) < 4.78 is 0. The molecule has 2 saturated heterocycles. The Kier molecular flexibility index (Phi) is 3.85. The number of hydrogen-bond donors (Lipinski definition) is 2. The summed E-state index contributed by atoms with van der Waals surface area (Å²) in [5.74, 6) is -0.459. The molecule has 2 atom stereocenters. The van der Waals surface area contributed by atoms with Crippen LogP contribution in [0.4, 0.5) is 4.79 Å². The van der Waals surface area contributed by atoms with Gasteiger partial charge in [-0.3, -0.25) is 4.79 Å². The highest BCUT2D eigenvalue weighted by Crippen LogP contribution is 2.40. The first-order valence-corrected chi connectivity index (χ1v) is 7.94. The topological polar surface area (TPSA) is 69.6 Å².